The first-order valence-electron chi connectivity index (χ1n) is 6.64. The Balaban J connectivity index is 2.12. The number of carbonyl (C=O) groups excluding carboxylic acids is 1. The van der Waals surface area contributed by atoms with Gasteiger partial charge in [-0.15, -0.1) is 0 Å². The normalized spacial score (nSPS) is 12.1. The minimum absolute atomic E-state index is 0.0251. The maximum Gasteiger partial charge on any atom is 0.236 e. The van der Waals surface area contributed by atoms with Crippen LogP contribution >= 0.6 is 0 Å². The summed E-state index contributed by atoms with van der Waals surface area (Å²) in [4.78, 5) is 16.0. The molecule has 1 aromatic heterocycles. The van der Waals surface area contributed by atoms with E-state index in [1.54, 1.807) is 13.3 Å². The van der Waals surface area contributed by atoms with E-state index in [0.29, 0.717) is 13.2 Å². The first kappa shape index (κ1) is 15.6. The van der Waals surface area contributed by atoms with Crippen molar-refractivity contribution in [1.82, 2.24) is 15.6 Å². The van der Waals surface area contributed by atoms with Crippen LogP contribution < -0.4 is 10.6 Å². The summed E-state index contributed by atoms with van der Waals surface area (Å²) in [5.74, 6) is 0.0251. The molecule has 0 radical (unpaired) electrons. The van der Waals surface area contributed by atoms with Gasteiger partial charge in [0.2, 0.25) is 5.91 Å². The van der Waals surface area contributed by atoms with Crippen LogP contribution in [0.5, 0.6) is 0 Å². The monoisotopic (exact) mass is 265 g/mol. The van der Waals surface area contributed by atoms with Crippen LogP contribution in [-0.2, 0) is 16.0 Å². The lowest BCUT2D eigenvalue weighted by molar-refractivity contribution is -0.122. The van der Waals surface area contributed by atoms with Gasteiger partial charge in [-0.3, -0.25) is 9.78 Å². The summed E-state index contributed by atoms with van der Waals surface area (Å²) in [6, 6.07) is 5.66. The third-order valence-corrected chi connectivity index (χ3v) is 2.78. The van der Waals surface area contributed by atoms with Gasteiger partial charge >= 0.3 is 0 Å². The first-order valence-corrected chi connectivity index (χ1v) is 6.64. The lowest BCUT2D eigenvalue weighted by Crippen LogP contribution is -2.43. The van der Waals surface area contributed by atoms with E-state index < -0.39 is 0 Å². The number of aromatic nitrogens is 1. The topological polar surface area (TPSA) is 63.2 Å². The van der Waals surface area contributed by atoms with Gasteiger partial charge in [-0.1, -0.05) is 6.07 Å². The fraction of sp³-hybridized carbons (Fsp3) is 0.571. The van der Waals surface area contributed by atoms with Crippen LogP contribution in [0.1, 0.15) is 19.0 Å². The molecule has 2 N–H and O–H groups in total. The summed E-state index contributed by atoms with van der Waals surface area (Å²) in [7, 11) is 1.66. The molecule has 0 fully saturated rings. The molecule has 0 saturated carbocycles. The van der Waals surface area contributed by atoms with Gasteiger partial charge in [0.1, 0.15) is 0 Å². The number of amides is 1. The highest BCUT2D eigenvalue weighted by molar-refractivity contribution is 5.81. The van der Waals surface area contributed by atoms with Crippen molar-refractivity contribution in [3.63, 3.8) is 0 Å². The SMILES string of the molecule is COCCCNC(=O)C(C)NCCc1ccccn1. The lowest BCUT2D eigenvalue weighted by atomic mass is 10.2. The van der Waals surface area contributed by atoms with Crippen molar-refractivity contribution in [1.29, 1.82) is 0 Å². The number of ether oxygens (including phenoxy) is 1. The number of nitrogens with zero attached hydrogens (tertiary/aromatic N) is 1. The molecule has 0 aliphatic heterocycles. The molecule has 1 atom stereocenters. The maximum absolute atomic E-state index is 11.7. The molecule has 0 aliphatic rings. The molecule has 0 aliphatic carbocycles. The summed E-state index contributed by atoms with van der Waals surface area (Å²) < 4.78 is 4.92. The number of rotatable bonds is 9. The van der Waals surface area contributed by atoms with Crippen LogP contribution in [0.3, 0.4) is 0 Å². The molecule has 1 rings (SSSR count). The molecule has 0 spiro atoms. The highest BCUT2D eigenvalue weighted by Crippen LogP contribution is 1.94. The second-order valence-electron chi connectivity index (χ2n) is 4.38. The van der Waals surface area contributed by atoms with Crippen molar-refractivity contribution < 1.29 is 9.53 Å². The van der Waals surface area contributed by atoms with E-state index in [1.165, 1.54) is 0 Å². The summed E-state index contributed by atoms with van der Waals surface area (Å²) in [6.45, 7) is 3.93. The molecule has 1 heterocycles. The Hall–Kier alpha value is -1.46. The first-order chi connectivity index (χ1) is 9.24. The van der Waals surface area contributed by atoms with Crippen LogP contribution in [0.2, 0.25) is 0 Å². The van der Waals surface area contributed by atoms with Crippen LogP contribution in [-0.4, -0.2) is 43.7 Å². The minimum Gasteiger partial charge on any atom is -0.385 e. The van der Waals surface area contributed by atoms with Gasteiger partial charge in [0.15, 0.2) is 0 Å². The second-order valence-corrected chi connectivity index (χ2v) is 4.38. The van der Waals surface area contributed by atoms with E-state index in [0.717, 1.165) is 25.1 Å². The fourth-order valence-corrected chi connectivity index (χ4v) is 1.64. The molecular weight excluding hydrogens is 242 g/mol. The van der Waals surface area contributed by atoms with Crippen molar-refractivity contribution in [2.75, 3.05) is 26.8 Å². The zero-order valence-electron chi connectivity index (χ0n) is 11.7. The number of carbonyl (C=O) groups is 1. The van der Waals surface area contributed by atoms with Crippen molar-refractivity contribution in [3.05, 3.63) is 30.1 Å². The van der Waals surface area contributed by atoms with Gasteiger partial charge in [-0.05, 0) is 25.5 Å². The Labute approximate surface area is 114 Å². The molecule has 106 valence electrons. The maximum atomic E-state index is 11.7. The van der Waals surface area contributed by atoms with Crippen LogP contribution in [0, 0.1) is 0 Å². The molecule has 0 bridgehead atoms. The molecule has 5 nitrogen and oxygen atoms in total. The number of hydrogen-bond acceptors (Lipinski definition) is 4. The fourth-order valence-electron chi connectivity index (χ4n) is 1.64. The number of pyridine rings is 1. The minimum atomic E-state index is -0.189. The Morgan fingerprint density at radius 3 is 2.95 bits per heavy atom. The van der Waals surface area contributed by atoms with Crippen molar-refractivity contribution >= 4 is 5.91 Å². The third kappa shape index (κ3) is 6.88. The van der Waals surface area contributed by atoms with Crippen LogP contribution in [0.15, 0.2) is 24.4 Å². The molecular formula is C14H23N3O2. The number of hydrogen-bond donors (Lipinski definition) is 2. The lowest BCUT2D eigenvalue weighted by Gasteiger charge is -2.13. The molecule has 1 unspecified atom stereocenters. The van der Waals surface area contributed by atoms with Gasteiger partial charge in [0, 0.05) is 45.1 Å². The smallest absolute Gasteiger partial charge is 0.236 e. The van der Waals surface area contributed by atoms with E-state index >= 15 is 0 Å². The highest BCUT2D eigenvalue weighted by atomic mass is 16.5. The average Bonchev–Trinajstić information content (AvgIpc) is 2.44. The van der Waals surface area contributed by atoms with Gasteiger partial charge < -0.3 is 15.4 Å². The molecule has 5 heteroatoms. The average molecular weight is 265 g/mol. The Kier molecular flexibility index (Phi) is 7.77. The molecule has 1 aromatic rings. The third-order valence-electron chi connectivity index (χ3n) is 2.78. The van der Waals surface area contributed by atoms with Gasteiger partial charge in [-0.25, -0.2) is 0 Å². The van der Waals surface area contributed by atoms with Gasteiger partial charge in [0.05, 0.1) is 6.04 Å². The van der Waals surface area contributed by atoms with Crippen molar-refractivity contribution in [3.8, 4) is 0 Å². The van der Waals surface area contributed by atoms with Crippen molar-refractivity contribution in [2.45, 2.75) is 25.8 Å². The Morgan fingerprint density at radius 1 is 1.42 bits per heavy atom. The Morgan fingerprint density at radius 2 is 2.26 bits per heavy atom. The zero-order valence-corrected chi connectivity index (χ0v) is 11.7. The largest absolute Gasteiger partial charge is 0.385 e. The molecule has 19 heavy (non-hydrogen) atoms. The predicted molar refractivity (Wildman–Crippen MR) is 74.9 cm³/mol. The van der Waals surface area contributed by atoms with E-state index in [1.807, 2.05) is 25.1 Å². The van der Waals surface area contributed by atoms with E-state index in [4.69, 9.17) is 4.74 Å². The summed E-state index contributed by atoms with van der Waals surface area (Å²) >= 11 is 0. The second kappa shape index (κ2) is 9.47. The summed E-state index contributed by atoms with van der Waals surface area (Å²) in [6.07, 6.45) is 3.44. The predicted octanol–water partition coefficient (Wildman–Crippen LogP) is 0.755. The standard InChI is InChI=1S/C14H23N3O2/c1-12(14(18)17-9-5-11-19-2)15-10-7-13-6-3-4-8-16-13/h3-4,6,8,12,15H,5,7,9-11H2,1-2H3,(H,17,18). The van der Waals surface area contributed by atoms with E-state index in [9.17, 15) is 4.79 Å². The molecule has 0 saturated heterocycles. The summed E-state index contributed by atoms with van der Waals surface area (Å²) in [5, 5.41) is 6.06. The van der Waals surface area contributed by atoms with E-state index in [-0.39, 0.29) is 11.9 Å². The van der Waals surface area contributed by atoms with Gasteiger partial charge in [-0.2, -0.15) is 0 Å². The Bertz CT molecular complexity index is 357. The van der Waals surface area contributed by atoms with E-state index in [2.05, 4.69) is 15.6 Å². The zero-order chi connectivity index (χ0) is 13.9. The molecule has 0 aromatic carbocycles. The highest BCUT2D eigenvalue weighted by Gasteiger charge is 2.10. The number of methoxy groups -OCH3 is 1. The number of nitrogens with one attached hydrogen (secondary N) is 2. The van der Waals surface area contributed by atoms with Crippen LogP contribution in [0.25, 0.3) is 0 Å². The van der Waals surface area contributed by atoms with Crippen molar-refractivity contribution in [2.24, 2.45) is 0 Å². The van der Waals surface area contributed by atoms with Crippen LogP contribution in [0.4, 0.5) is 0 Å². The summed E-state index contributed by atoms with van der Waals surface area (Å²) in [5.41, 5.74) is 1.03. The molecule has 1 amide bonds. The van der Waals surface area contributed by atoms with Gasteiger partial charge in [0.25, 0.3) is 0 Å². The quantitative estimate of drug-likeness (QED) is 0.647.